The highest BCUT2D eigenvalue weighted by Gasteiger charge is 2.08. The van der Waals surface area contributed by atoms with E-state index in [0.717, 1.165) is 28.2 Å². The lowest BCUT2D eigenvalue weighted by Gasteiger charge is -2.12. The summed E-state index contributed by atoms with van der Waals surface area (Å²) in [5.74, 6) is 1.72. The van der Waals surface area contributed by atoms with Gasteiger partial charge in [-0.05, 0) is 36.2 Å². The van der Waals surface area contributed by atoms with Gasteiger partial charge in [0, 0.05) is 12.1 Å². The molecule has 0 atom stereocenters. The van der Waals surface area contributed by atoms with Crippen LogP contribution < -0.4 is 15.2 Å². The van der Waals surface area contributed by atoms with E-state index < -0.39 is 0 Å². The zero-order chi connectivity index (χ0) is 13.7. The molecule has 0 saturated carbocycles. The van der Waals surface area contributed by atoms with Gasteiger partial charge in [0.15, 0.2) is 0 Å². The van der Waals surface area contributed by atoms with Crippen LogP contribution in [0.5, 0.6) is 11.5 Å². The van der Waals surface area contributed by atoms with Gasteiger partial charge in [0.25, 0.3) is 0 Å². The van der Waals surface area contributed by atoms with Crippen molar-refractivity contribution in [2.75, 3.05) is 20.3 Å². The Labute approximate surface area is 126 Å². The third kappa shape index (κ3) is 3.65. The smallest absolute Gasteiger partial charge is 0.126 e. The van der Waals surface area contributed by atoms with Crippen LogP contribution in [-0.4, -0.2) is 20.3 Å². The van der Waals surface area contributed by atoms with Crippen LogP contribution in [0.4, 0.5) is 0 Å². The number of rotatable bonds is 5. The predicted molar refractivity (Wildman–Crippen MR) is 85.0 cm³/mol. The van der Waals surface area contributed by atoms with Gasteiger partial charge in [-0.15, -0.1) is 12.4 Å². The summed E-state index contributed by atoms with van der Waals surface area (Å²) in [6.45, 7) is 3.12. The zero-order valence-corrected chi connectivity index (χ0v) is 12.6. The molecule has 2 aromatic rings. The van der Waals surface area contributed by atoms with Crippen LogP contribution in [0, 0.1) is 6.92 Å². The SMILES string of the molecule is COc1ccccc1-c1ccc(OCCN)cc1C.Cl. The van der Waals surface area contributed by atoms with E-state index in [1.165, 1.54) is 0 Å². The molecule has 0 fully saturated rings. The van der Waals surface area contributed by atoms with E-state index in [4.69, 9.17) is 15.2 Å². The van der Waals surface area contributed by atoms with Crippen LogP contribution in [0.3, 0.4) is 0 Å². The summed E-state index contributed by atoms with van der Waals surface area (Å²) in [6.07, 6.45) is 0. The molecule has 3 nitrogen and oxygen atoms in total. The molecule has 2 aromatic carbocycles. The average molecular weight is 294 g/mol. The minimum Gasteiger partial charge on any atom is -0.496 e. The predicted octanol–water partition coefficient (Wildman–Crippen LogP) is 3.43. The Morgan fingerprint density at radius 3 is 2.45 bits per heavy atom. The maximum atomic E-state index is 5.53. The van der Waals surface area contributed by atoms with Gasteiger partial charge in [0.1, 0.15) is 18.1 Å². The van der Waals surface area contributed by atoms with Crippen molar-refractivity contribution in [3.8, 4) is 22.6 Å². The molecule has 4 heteroatoms. The summed E-state index contributed by atoms with van der Waals surface area (Å²) in [5.41, 5.74) is 8.82. The molecule has 0 amide bonds. The number of benzene rings is 2. The highest BCUT2D eigenvalue weighted by atomic mass is 35.5. The number of hydrogen-bond donors (Lipinski definition) is 1. The van der Waals surface area contributed by atoms with Gasteiger partial charge in [0.2, 0.25) is 0 Å². The first-order chi connectivity index (χ1) is 9.26. The third-order valence-electron chi connectivity index (χ3n) is 2.98. The fourth-order valence-corrected chi connectivity index (χ4v) is 2.07. The number of hydrogen-bond acceptors (Lipinski definition) is 3. The lowest BCUT2D eigenvalue weighted by atomic mass is 9.99. The Morgan fingerprint density at radius 2 is 1.80 bits per heavy atom. The van der Waals surface area contributed by atoms with Gasteiger partial charge in [0.05, 0.1) is 7.11 Å². The summed E-state index contributed by atoms with van der Waals surface area (Å²) >= 11 is 0. The number of ether oxygens (including phenoxy) is 2. The Bertz CT molecular complexity index is 558. The van der Waals surface area contributed by atoms with Crippen LogP contribution >= 0.6 is 12.4 Å². The van der Waals surface area contributed by atoms with Crippen LogP contribution in [0.15, 0.2) is 42.5 Å². The molecule has 0 unspecified atom stereocenters. The molecule has 0 aliphatic carbocycles. The molecule has 0 bridgehead atoms. The van der Waals surface area contributed by atoms with Gasteiger partial charge in [-0.25, -0.2) is 0 Å². The molecule has 108 valence electrons. The fraction of sp³-hybridized carbons (Fsp3) is 0.250. The van der Waals surface area contributed by atoms with Gasteiger partial charge in [-0.2, -0.15) is 0 Å². The van der Waals surface area contributed by atoms with E-state index >= 15 is 0 Å². The number of nitrogens with two attached hydrogens (primary N) is 1. The van der Waals surface area contributed by atoms with E-state index in [1.807, 2.05) is 30.3 Å². The molecule has 2 rings (SSSR count). The molecule has 0 aliphatic rings. The first-order valence-corrected chi connectivity index (χ1v) is 6.33. The topological polar surface area (TPSA) is 44.5 Å². The molecular formula is C16H20ClNO2. The first kappa shape index (κ1) is 16.3. The molecule has 20 heavy (non-hydrogen) atoms. The van der Waals surface area contributed by atoms with Gasteiger partial charge in [-0.1, -0.05) is 24.3 Å². The molecule has 0 saturated heterocycles. The standard InChI is InChI=1S/C16H19NO2.ClH/c1-12-11-13(19-10-9-17)7-8-14(12)15-5-3-4-6-16(15)18-2;/h3-8,11H,9-10,17H2,1-2H3;1H. The van der Waals surface area contributed by atoms with E-state index in [1.54, 1.807) is 7.11 Å². The van der Waals surface area contributed by atoms with Crippen molar-refractivity contribution in [2.45, 2.75) is 6.92 Å². The summed E-state index contributed by atoms with van der Waals surface area (Å²) in [6, 6.07) is 14.0. The van der Waals surface area contributed by atoms with E-state index in [9.17, 15) is 0 Å². The highest BCUT2D eigenvalue weighted by molar-refractivity contribution is 5.85. The van der Waals surface area contributed by atoms with Crippen molar-refractivity contribution in [1.82, 2.24) is 0 Å². The maximum Gasteiger partial charge on any atom is 0.126 e. The molecule has 0 aromatic heterocycles. The molecule has 0 spiro atoms. The lowest BCUT2D eigenvalue weighted by Crippen LogP contribution is -2.10. The van der Waals surface area contributed by atoms with E-state index in [0.29, 0.717) is 13.2 Å². The molecule has 0 radical (unpaired) electrons. The number of aryl methyl sites for hydroxylation is 1. The van der Waals surface area contributed by atoms with Gasteiger partial charge < -0.3 is 15.2 Å². The summed E-state index contributed by atoms with van der Waals surface area (Å²) in [5, 5.41) is 0. The second-order valence-corrected chi connectivity index (χ2v) is 4.31. The minimum absolute atomic E-state index is 0. The van der Waals surface area contributed by atoms with Crippen molar-refractivity contribution >= 4 is 12.4 Å². The third-order valence-corrected chi connectivity index (χ3v) is 2.98. The van der Waals surface area contributed by atoms with Gasteiger partial charge in [-0.3, -0.25) is 0 Å². The second kappa shape index (κ2) is 7.78. The van der Waals surface area contributed by atoms with Gasteiger partial charge >= 0.3 is 0 Å². The Kier molecular flexibility index (Phi) is 6.36. The minimum atomic E-state index is 0. The maximum absolute atomic E-state index is 5.53. The lowest BCUT2D eigenvalue weighted by molar-refractivity contribution is 0.328. The van der Waals surface area contributed by atoms with Crippen molar-refractivity contribution in [1.29, 1.82) is 0 Å². The summed E-state index contributed by atoms with van der Waals surface area (Å²) < 4.78 is 10.9. The molecule has 2 N–H and O–H groups in total. The van der Waals surface area contributed by atoms with Crippen LogP contribution in [0.1, 0.15) is 5.56 Å². The fourth-order valence-electron chi connectivity index (χ4n) is 2.07. The number of para-hydroxylation sites is 1. The summed E-state index contributed by atoms with van der Waals surface area (Å²) in [4.78, 5) is 0. The Hall–Kier alpha value is -1.71. The van der Waals surface area contributed by atoms with E-state index in [-0.39, 0.29) is 12.4 Å². The van der Waals surface area contributed by atoms with E-state index in [2.05, 4.69) is 19.1 Å². The number of methoxy groups -OCH3 is 1. The van der Waals surface area contributed by atoms with Crippen molar-refractivity contribution < 1.29 is 9.47 Å². The molecular weight excluding hydrogens is 274 g/mol. The van der Waals surface area contributed by atoms with Crippen LogP contribution in [0.25, 0.3) is 11.1 Å². The molecule has 0 aliphatic heterocycles. The second-order valence-electron chi connectivity index (χ2n) is 4.31. The zero-order valence-electron chi connectivity index (χ0n) is 11.8. The molecule has 0 heterocycles. The van der Waals surface area contributed by atoms with Crippen molar-refractivity contribution in [3.63, 3.8) is 0 Å². The Balaban J connectivity index is 0.00000200. The van der Waals surface area contributed by atoms with Crippen LogP contribution in [-0.2, 0) is 0 Å². The highest BCUT2D eigenvalue weighted by Crippen LogP contribution is 2.33. The normalized spacial score (nSPS) is 9.75. The quantitative estimate of drug-likeness (QED) is 0.918. The van der Waals surface area contributed by atoms with Crippen molar-refractivity contribution in [2.24, 2.45) is 5.73 Å². The van der Waals surface area contributed by atoms with Crippen molar-refractivity contribution in [3.05, 3.63) is 48.0 Å². The van der Waals surface area contributed by atoms with Crippen LogP contribution in [0.2, 0.25) is 0 Å². The summed E-state index contributed by atoms with van der Waals surface area (Å²) in [7, 11) is 1.69. The number of halogens is 1. The average Bonchev–Trinajstić information content (AvgIpc) is 2.45. The first-order valence-electron chi connectivity index (χ1n) is 6.33. The Morgan fingerprint density at radius 1 is 1.05 bits per heavy atom. The monoisotopic (exact) mass is 293 g/mol. The largest absolute Gasteiger partial charge is 0.496 e.